The number of nitrogen functional groups attached to an aromatic ring is 1. The molecule has 0 atom stereocenters. The van der Waals surface area contributed by atoms with Crippen LogP contribution in [-0.4, -0.2) is 12.5 Å². The molecule has 0 fully saturated rings. The number of halogens is 1. The Bertz CT molecular complexity index is 734. The average molecular weight is 331 g/mol. The molecule has 0 aliphatic carbocycles. The van der Waals surface area contributed by atoms with Crippen LogP contribution in [0.1, 0.15) is 42.3 Å². The van der Waals surface area contributed by atoms with E-state index in [1.807, 2.05) is 17.0 Å². The van der Waals surface area contributed by atoms with Gasteiger partial charge in [-0.25, -0.2) is 0 Å². The fraction of sp³-hybridized carbons (Fsp3) is 0.316. The van der Waals surface area contributed by atoms with E-state index in [0.29, 0.717) is 11.3 Å². The number of nitrogens with zero attached hydrogens (tertiary/aromatic N) is 1. The predicted molar refractivity (Wildman–Crippen MR) is 98.6 cm³/mol. The highest BCUT2D eigenvalue weighted by Gasteiger charge is 2.27. The lowest BCUT2D eigenvalue weighted by atomic mass is 9.86. The van der Waals surface area contributed by atoms with Crippen LogP contribution in [0.3, 0.4) is 0 Å². The summed E-state index contributed by atoms with van der Waals surface area (Å²) in [4.78, 5) is 14.6. The second-order valence-electron chi connectivity index (χ2n) is 6.89. The highest BCUT2D eigenvalue weighted by molar-refractivity contribution is 6.10. The van der Waals surface area contributed by atoms with Crippen molar-refractivity contribution in [2.45, 2.75) is 32.6 Å². The lowest BCUT2D eigenvalue weighted by molar-refractivity contribution is 0.0990. The number of hydrogen-bond donors (Lipinski definition) is 1. The van der Waals surface area contributed by atoms with Crippen molar-refractivity contribution in [3.63, 3.8) is 0 Å². The first-order valence-corrected chi connectivity index (χ1v) is 7.68. The molecule has 122 valence electrons. The highest BCUT2D eigenvalue weighted by Crippen LogP contribution is 2.34. The minimum Gasteiger partial charge on any atom is -0.398 e. The Morgan fingerprint density at radius 3 is 2.48 bits per heavy atom. The van der Waals surface area contributed by atoms with Crippen LogP contribution in [0.2, 0.25) is 0 Å². The van der Waals surface area contributed by atoms with E-state index in [2.05, 4.69) is 39.0 Å². The molecule has 3 rings (SSSR count). The first-order valence-electron chi connectivity index (χ1n) is 7.68. The first kappa shape index (κ1) is 17.4. The smallest absolute Gasteiger partial charge is 0.260 e. The maximum Gasteiger partial charge on any atom is 0.260 e. The van der Waals surface area contributed by atoms with E-state index in [9.17, 15) is 4.79 Å². The molecule has 0 saturated heterocycles. The standard InChI is InChI=1S/C19H22N2O.ClH/c1-19(2,3)14-8-9-17-13(12-14)10-11-21(17)18(22)15-6-4-5-7-16(15)20;/h4-9,12H,10-11,20H2,1-3H3;1H. The molecule has 0 radical (unpaired) electrons. The summed E-state index contributed by atoms with van der Waals surface area (Å²) >= 11 is 0. The van der Waals surface area contributed by atoms with Crippen molar-refractivity contribution in [3.8, 4) is 0 Å². The lowest BCUT2D eigenvalue weighted by Gasteiger charge is -2.22. The third-order valence-electron chi connectivity index (χ3n) is 4.28. The number of carbonyl (C=O) groups excluding carboxylic acids is 1. The first-order chi connectivity index (χ1) is 10.4. The number of fused-ring (bicyclic) bond motifs is 1. The maximum absolute atomic E-state index is 12.8. The Balaban J connectivity index is 0.00000192. The summed E-state index contributed by atoms with van der Waals surface area (Å²) in [6.45, 7) is 7.34. The van der Waals surface area contributed by atoms with E-state index in [1.165, 1.54) is 11.1 Å². The zero-order valence-corrected chi connectivity index (χ0v) is 14.6. The third kappa shape index (κ3) is 3.20. The zero-order chi connectivity index (χ0) is 15.9. The van der Waals surface area contributed by atoms with E-state index in [0.717, 1.165) is 18.7 Å². The number of amides is 1. The van der Waals surface area contributed by atoms with Crippen molar-refractivity contribution < 1.29 is 4.79 Å². The number of benzene rings is 2. The van der Waals surface area contributed by atoms with Crippen LogP contribution >= 0.6 is 12.4 Å². The van der Waals surface area contributed by atoms with Gasteiger partial charge < -0.3 is 10.6 Å². The summed E-state index contributed by atoms with van der Waals surface area (Å²) < 4.78 is 0. The summed E-state index contributed by atoms with van der Waals surface area (Å²) in [6, 6.07) is 13.7. The number of hydrogen-bond acceptors (Lipinski definition) is 2. The minimum absolute atomic E-state index is 0. The lowest BCUT2D eigenvalue weighted by Crippen LogP contribution is -2.29. The van der Waals surface area contributed by atoms with Gasteiger partial charge in [-0.15, -0.1) is 12.4 Å². The van der Waals surface area contributed by atoms with Crippen LogP contribution in [0.4, 0.5) is 11.4 Å². The predicted octanol–water partition coefficient (Wildman–Crippen LogP) is 4.19. The SMILES string of the molecule is CC(C)(C)c1ccc2c(c1)CCN2C(=O)c1ccccc1N.Cl. The molecule has 0 unspecified atom stereocenters. The van der Waals surface area contributed by atoms with Gasteiger partial charge in [0.15, 0.2) is 0 Å². The van der Waals surface area contributed by atoms with Gasteiger partial charge in [-0.2, -0.15) is 0 Å². The van der Waals surface area contributed by atoms with E-state index in [-0.39, 0.29) is 23.7 Å². The van der Waals surface area contributed by atoms with Gasteiger partial charge in [0, 0.05) is 17.9 Å². The molecule has 2 N–H and O–H groups in total. The van der Waals surface area contributed by atoms with Crippen LogP contribution in [0, 0.1) is 0 Å². The van der Waals surface area contributed by atoms with Crippen molar-refractivity contribution >= 4 is 29.7 Å². The Morgan fingerprint density at radius 2 is 1.83 bits per heavy atom. The van der Waals surface area contributed by atoms with Crippen LogP contribution in [-0.2, 0) is 11.8 Å². The van der Waals surface area contributed by atoms with Crippen molar-refractivity contribution in [2.24, 2.45) is 0 Å². The molecule has 2 aromatic rings. The van der Waals surface area contributed by atoms with Gasteiger partial charge in [0.1, 0.15) is 0 Å². The molecule has 1 aliphatic rings. The van der Waals surface area contributed by atoms with Crippen molar-refractivity contribution in [1.29, 1.82) is 0 Å². The minimum atomic E-state index is -0.0136. The van der Waals surface area contributed by atoms with Crippen molar-refractivity contribution in [1.82, 2.24) is 0 Å². The molecule has 4 heteroatoms. The molecular formula is C19H23ClN2O. The van der Waals surface area contributed by atoms with E-state index >= 15 is 0 Å². The van der Waals surface area contributed by atoms with Gasteiger partial charge >= 0.3 is 0 Å². The molecule has 0 bridgehead atoms. The molecule has 1 amide bonds. The molecule has 0 saturated carbocycles. The maximum atomic E-state index is 12.8. The summed E-state index contributed by atoms with van der Waals surface area (Å²) in [6.07, 6.45) is 0.901. The van der Waals surface area contributed by atoms with Crippen LogP contribution in [0.25, 0.3) is 0 Å². The second kappa shape index (κ2) is 6.25. The molecule has 3 nitrogen and oxygen atoms in total. The van der Waals surface area contributed by atoms with E-state index < -0.39 is 0 Å². The van der Waals surface area contributed by atoms with Gasteiger partial charge in [0.2, 0.25) is 0 Å². The number of anilines is 2. The van der Waals surface area contributed by atoms with Crippen LogP contribution < -0.4 is 10.6 Å². The van der Waals surface area contributed by atoms with Gasteiger partial charge in [-0.05, 0) is 41.2 Å². The largest absolute Gasteiger partial charge is 0.398 e. The molecule has 0 aromatic heterocycles. The van der Waals surface area contributed by atoms with Crippen molar-refractivity contribution in [3.05, 3.63) is 59.2 Å². The Labute approximate surface area is 143 Å². The average Bonchev–Trinajstić information content (AvgIpc) is 2.89. The van der Waals surface area contributed by atoms with E-state index in [4.69, 9.17) is 5.73 Å². The van der Waals surface area contributed by atoms with Gasteiger partial charge in [0.25, 0.3) is 5.91 Å². The summed E-state index contributed by atoms with van der Waals surface area (Å²) in [5, 5.41) is 0. The molecule has 23 heavy (non-hydrogen) atoms. The second-order valence-corrected chi connectivity index (χ2v) is 6.89. The topological polar surface area (TPSA) is 46.3 Å². The van der Waals surface area contributed by atoms with Gasteiger partial charge in [-0.1, -0.05) is 45.0 Å². The Morgan fingerprint density at radius 1 is 1.13 bits per heavy atom. The normalized spacial score (nSPS) is 13.4. The van der Waals surface area contributed by atoms with E-state index in [1.54, 1.807) is 12.1 Å². The summed E-state index contributed by atoms with van der Waals surface area (Å²) in [7, 11) is 0. The molecule has 0 spiro atoms. The fourth-order valence-electron chi connectivity index (χ4n) is 2.92. The third-order valence-corrected chi connectivity index (χ3v) is 4.28. The Kier molecular flexibility index (Phi) is 4.71. The molecule has 1 aliphatic heterocycles. The summed E-state index contributed by atoms with van der Waals surface area (Å²) in [5.41, 5.74) is 10.7. The van der Waals surface area contributed by atoms with Gasteiger partial charge in [0.05, 0.1) is 5.56 Å². The van der Waals surface area contributed by atoms with Crippen LogP contribution in [0.5, 0.6) is 0 Å². The molecular weight excluding hydrogens is 308 g/mol. The quantitative estimate of drug-likeness (QED) is 0.797. The highest BCUT2D eigenvalue weighted by atomic mass is 35.5. The van der Waals surface area contributed by atoms with Gasteiger partial charge in [-0.3, -0.25) is 4.79 Å². The van der Waals surface area contributed by atoms with Crippen LogP contribution in [0.15, 0.2) is 42.5 Å². The number of nitrogens with two attached hydrogens (primary N) is 1. The fourth-order valence-corrected chi connectivity index (χ4v) is 2.92. The number of para-hydroxylation sites is 1. The zero-order valence-electron chi connectivity index (χ0n) is 13.8. The molecule has 2 aromatic carbocycles. The molecule has 1 heterocycles. The number of rotatable bonds is 1. The van der Waals surface area contributed by atoms with Crippen molar-refractivity contribution in [2.75, 3.05) is 17.2 Å². The number of carbonyl (C=O) groups is 1. The Hall–Kier alpha value is -2.00. The summed E-state index contributed by atoms with van der Waals surface area (Å²) in [5.74, 6) is -0.0136. The monoisotopic (exact) mass is 330 g/mol.